The van der Waals surface area contributed by atoms with E-state index in [1.54, 1.807) is 17.8 Å². The summed E-state index contributed by atoms with van der Waals surface area (Å²) in [5.41, 5.74) is 6.93. The standard InChI is InChI=1S/C10H12FN3S/c11-7-2-3-8-9(6-7)14-10(13-8)15-5-1-4-12/h2-3,6H,1,4-5,12H2,(H,13,14). The number of rotatable bonds is 4. The average Bonchev–Trinajstić information content (AvgIpc) is 2.60. The van der Waals surface area contributed by atoms with Crippen LogP contribution in [0.1, 0.15) is 6.42 Å². The summed E-state index contributed by atoms with van der Waals surface area (Å²) < 4.78 is 12.9. The van der Waals surface area contributed by atoms with Gasteiger partial charge in [-0.15, -0.1) is 0 Å². The molecule has 2 rings (SSSR count). The van der Waals surface area contributed by atoms with Crippen LogP contribution in [0.15, 0.2) is 23.4 Å². The van der Waals surface area contributed by atoms with Crippen molar-refractivity contribution in [3.05, 3.63) is 24.0 Å². The van der Waals surface area contributed by atoms with Crippen LogP contribution in [0.4, 0.5) is 4.39 Å². The van der Waals surface area contributed by atoms with Gasteiger partial charge in [0, 0.05) is 5.75 Å². The number of hydrogen-bond acceptors (Lipinski definition) is 3. The Balaban J connectivity index is 2.16. The van der Waals surface area contributed by atoms with Crippen molar-refractivity contribution in [2.45, 2.75) is 11.6 Å². The normalized spacial score (nSPS) is 11.1. The minimum atomic E-state index is -0.246. The maximum atomic E-state index is 12.9. The van der Waals surface area contributed by atoms with E-state index in [-0.39, 0.29) is 5.82 Å². The molecule has 0 unspecified atom stereocenters. The van der Waals surface area contributed by atoms with Crippen LogP contribution >= 0.6 is 11.8 Å². The van der Waals surface area contributed by atoms with Gasteiger partial charge in [0.15, 0.2) is 5.16 Å². The van der Waals surface area contributed by atoms with E-state index in [1.165, 1.54) is 12.1 Å². The van der Waals surface area contributed by atoms with Gasteiger partial charge in [-0.05, 0) is 31.2 Å². The van der Waals surface area contributed by atoms with Crippen LogP contribution in [0, 0.1) is 5.82 Å². The highest BCUT2D eigenvalue weighted by molar-refractivity contribution is 7.99. The van der Waals surface area contributed by atoms with Crippen molar-refractivity contribution in [3.8, 4) is 0 Å². The minimum Gasteiger partial charge on any atom is -0.333 e. The molecule has 0 saturated heterocycles. The Labute approximate surface area is 91.3 Å². The monoisotopic (exact) mass is 225 g/mol. The molecule has 0 saturated carbocycles. The van der Waals surface area contributed by atoms with E-state index >= 15 is 0 Å². The van der Waals surface area contributed by atoms with Crippen molar-refractivity contribution < 1.29 is 4.39 Å². The number of benzene rings is 1. The summed E-state index contributed by atoms with van der Waals surface area (Å²) in [6, 6.07) is 4.54. The number of nitrogens with two attached hydrogens (primary N) is 1. The number of H-pyrrole nitrogens is 1. The number of halogens is 1. The first-order valence-electron chi connectivity index (χ1n) is 4.78. The van der Waals surface area contributed by atoms with Crippen LogP contribution in [-0.4, -0.2) is 22.3 Å². The molecule has 80 valence electrons. The van der Waals surface area contributed by atoms with Gasteiger partial charge in [-0.3, -0.25) is 0 Å². The Bertz CT molecular complexity index is 455. The summed E-state index contributed by atoms with van der Waals surface area (Å²) >= 11 is 1.61. The molecule has 15 heavy (non-hydrogen) atoms. The molecular weight excluding hydrogens is 213 g/mol. The summed E-state index contributed by atoms with van der Waals surface area (Å²) in [7, 11) is 0. The molecule has 0 amide bonds. The molecule has 0 fully saturated rings. The predicted molar refractivity (Wildman–Crippen MR) is 60.4 cm³/mol. The number of imidazole rings is 1. The summed E-state index contributed by atoms with van der Waals surface area (Å²) in [6.45, 7) is 0.682. The SMILES string of the molecule is NCCCSc1nc2ccc(F)cc2[nH]1. The fourth-order valence-corrected chi connectivity index (χ4v) is 2.13. The molecular formula is C10H12FN3S. The molecule has 3 nitrogen and oxygen atoms in total. The van der Waals surface area contributed by atoms with Gasteiger partial charge in [-0.1, -0.05) is 11.8 Å². The molecule has 5 heteroatoms. The first-order chi connectivity index (χ1) is 7.29. The lowest BCUT2D eigenvalue weighted by molar-refractivity contribution is 0.629. The van der Waals surface area contributed by atoms with Gasteiger partial charge in [0.05, 0.1) is 11.0 Å². The number of aromatic amines is 1. The molecule has 0 spiro atoms. The third-order valence-electron chi connectivity index (χ3n) is 2.01. The highest BCUT2D eigenvalue weighted by Gasteiger charge is 2.03. The lowest BCUT2D eigenvalue weighted by Gasteiger charge is -1.93. The average molecular weight is 225 g/mol. The second kappa shape index (κ2) is 4.63. The van der Waals surface area contributed by atoms with Gasteiger partial charge < -0.3 is 10.7 Å². The smallest absolute Gasteiger partial charge is 0.166 e. The number of thioether (sulfide) groups is 1. The van der Waals surface area contributed by atoms with E-state index in [4.69, 9.17) is 5.73 Å². The van der Waals surface area contributed by atoms with Crippen LogP contribution in [0.25, 0.3) is 11.0 Å². The Hall–Kier alpha value is -1.07. The zero-order chi connectivity index (χ0) is 10.7. The second-order valence-corrected chi connectivity index (χ2v) is 4.28. The maximum Gasteiger partial charge on any atom is 0.166 e. The molecule has 0 aliphatic carbocycles. The highest BCUT2D eigenvalue weighted by atomic mass is 32.2. The van der Waals surface area contributed by atoms with E-state index in [2.05, 4.69) is 9.97 Å². The molecule has 2 aromatic rings. The Morgan fingerprint density at radius 3 is 3.13 bits per heavy atom. The molecule has 1 aromatic carbocycles. The molecule has 0 aliphatic rings. The lowest BCUT2D eigenvalue weighted by Crippen LogP contribution is -1.99. The van der Waals surface area contributed by atoms with Gasteiger partial charge in [0.1, 0.15) is 5.82 Å². The Morgan fingerprint density at radius 2 is 2.33 bits per heavy atom. The zero-order valence-electron chi connectivity index (χ0n) is 8.16. The van der Waals surface area contributed by atoms with E-state index in [1.807, 2.05) is 0 Å². The van der Waals surface area contributed by atoms with Crippen molar-refractivity contribution in [3.63, 3.8) is 0 Å². The highest BCUT2D eigenvalue weighted by Crippen LogP contribution is 2.20. The van der Waals surface area contributed by atoms with E-state index in [9.17, 15) is 4.39 Å². The van der Waals surface area contributed by atoms with Crippen LogP contribution in [-0.2, 0) is 0 Å². The number of fused-ring (bicyclic) bond motifs is 1. The Kier molecular flexibility index (Phi) is 3.23. The minimum absolute atomic E-state index is 0.246. The second-order valence-electron chi connectivity index (χ2n) is 3.19. The summed E-state index contributed by atoms with van der Waals surface area (Å²) in [5.74, 6) is 0.684. The van der Waals surface area contributed by atoms with E-state index in [0.29, 0.717) is 6.54 Å². The molecule has 1 heterocycles. The van der Waals surface area contributed by atoms with Gasteiger partial charge in [0.2, 0.25) is 0 Å². The van der Waals surface area contributed by atoms with Crippen LogP contribution in [0.2, 0.25) is 0 Å². The first-order valence-corrected chi connectivity index (χ1v) is 5.76. The number of nitrogens with one attached hydrogen (secondary N) is 1. The third-order valence-corrected chi connectivity index (χ3v) is 2.97. The molecule has 0 bridgehead atoms. The van der Waals surface area contributed by atoms with Crippen molar-refractivity contribution in [1.82, 2.24) is 9.97 Å². The van der Waals surface area contributed by atoms with Gasteiger partial charge in [-0.2, -0.15) is 0 Å². The quantitative estimate of drug-likeness (QED) is 0.619. The van der Waals surface area contributed by atoms with Crippen molar-refractivity contribution in [1.29, 1.82) is 0 Å². The van der Waals surface area contributed by atoms with Crippen molar-refractivity contribution >= 4 is 22.8 Å². The van der Waals surface area contributed by atoms with Gasteiger partial charge in [0.25, 0.3) is 0 Å². The van der Waals surface area contributed by atoms with Gasteiger partial charge in [-0.25, -0.2) is 9.37 Å². The largest absolute Gasteiger partial charge is 0.333 e. The van der Waals surface area contributed by atoms with Crippen molar-refractivity contribution in [2.75, 3.05) is 12.3 Å². The first kappa shape index (κ1) is 10.4. The van der Waals surface area contributed by atoms with E-state index < -0.39 is 0 Å². The predicted octanol–water partition coefficient (Wildman–Crippen LogP) is 2.14. The summed E-state index contributed by atoms with van der Waals surface area (Å²) in [5, 5.41) is 0.823. The molecule has 0 radical (unpaired) electrons. The topological polar surface area (TPSA) is 54.7 Å². The van der Waals surface area contributed by atoms with Crippen LogP contribution < -0.4 is 5.73 Å². The van der Waals surface area contributed by atoms with Gasteiger partial charge >= 0.3 is 0 Å². The number of nitrogens with zero attached hydrogens (tertiary/aromatic N) is 1. The lowest BCUT2D eigenvalue weighted by atomic mass is 10.3. The maximum absolute atomic E-state index is 12.9. The zero-order valence-corrected chi connectivity index (χ0v) is 8.98. The van der Waals surface area contributed by atoms with Crippen molar-refractivity contribution in [2.24, 2.45) is 5.73 Å². The van der Waals surface area contributed by atoms with Crippen LogP contribution in [0.5, 0.6) is 0 Å². The fraction of sp³-hybridized carbons (Fsp3) is 0.300. The number of hydrogen-bond donors (Lipinski definition) is 2. The molecule has 0 atom stereocenters. The van der Waals surface area contributed by atoms with E-state index in [0.717, 1.165) is 28.4 Å². The Morgan fingerprint density at radius 1 is 1.47 bits per heavy atom. The molecule has 0 aliphatic heterocycles. The molecule has 3 N–H and O–H groups in total. The fourth-order valence-electron chi connectivity index (χ4n) is 1.28. The van der Waals surface area contributed by atoms with Crippen LogP contribution in [0.3, 0.4) is 0 Å². The third kappa shape index (κ3) is 2.49. The summed E-state index contributed by atoms with van der Waals surface area (Å²) in [4.78, 5) is 7.39. The number of aromatic nitrogens is 2. The molecule has 1 aromatic heterocycles. The summed E-state index contributed by atoms with van der Waals surface area (Å²) in [6.07, 6.45) is 0.954.